The van der Waals surface area contributed by atoms with Gasteiger partial charge in [0.25, 0.3) is 0 Å². The van der Waals surface area contributed by atoms with Crippen LogP contribution in [0, 0.1) is 0 Å². The molecule has 110 valence electrons. The van der Waals surface area contributed by atoms with Crippen molar-refractivity contribution < 1.29 is 32.6 Å². The molecule has 0 saturated carbocycles. The molecule has 2 amide bonds. The standard InChI is InChI=1S/C11H11F3N2O4/c1-6(9(17)18)15-10(19)16-7-4-2-3-5-8(7)20-11(12,13)14/h2-6H,1H3,(H,17,18)(H2,15,16,19)/t6-/m1/s1. The second-order valence-electron chi connectivity index (χ2n) is 3.70. The van der Waals surface area contributed by atoms with Crippen molar-refractivity contribution >= 4 is 17.7 Å². The number of carbonyl (C=O) groups excluding carboxylic acids is 1. The first kappa shape index (κ1) is 15.6. The summed E-state index contributed by atoms with van der Waals surface area (Å²) in [5, 5.41) is 12.7. The van der Waals surface area contributed by atoms with Crippen LogP contribution in [-0.4, -0.2) is 29.5 Å². The molecule has 1 rings (SSSR count). The lowest BCUT2D eigenvalue weighted by molar-refractivity contribution is -0.274. The van der Waals surface area contributed by atoms with E-state index in [2.05, 4.69) is 10.1 Å². The summed E-state index contributed by atoms with van der Waals surface area (Å²) >= 11 is 0. The van der Waals surface area contributed by atoms with E-state index in [1.165, 1.54) is 25.1 Å². The molecule has 0 aliphatic heterocycles. The summed E-state index contributed by atoms with van der Waals surface area (Å²) in [5.74, 6) is -1.88. The largest absolute Gasteiger partial charge is 0.573 e. The minimum absolute atomic E-state index is 0.236. The van der Waals surface area contributed by atoms with E-state index in [1.807, 2.05) is 5.32 Å². The van der Waals surface area contributed by atoms with E-state index in [0.717, 1.165) is 6.07 Å². The zero-order chi connectivity index (χ0) is 15.3. The van der Waals surface area contributed by atoms with Gasteiger partial charge >= 0.3 is 18.4 Å². The Morgan fingerprint density at radius 3 is 2.45 bits per heavy atom. The van der Waals surface area contributed by atoms with Crippen LogP contribution in [0.15, 0.2) is 24.3 Å². The molecule has 20 heavy (non-hydrogen) atoms. The van der Waals surface area contributed by atoms with Crippen LogP contribution in [0.5, 0.6) is 5.75 Å². The Morgan fingerprint density at radius 2 is 1.90 bits per heavy atom. The number of rotatable bonds is 4. The van der Waals surface area contributed by atoms with Crippen molar-refractivity contribution in [3.05, 3.63) is 24.3 Å². The van der Waals surface area contributed by atoms with Gasteiger partial charge in [0.2, 0.25) is 0 Å². The highest BCUT2D eigenvalue weighted by molar-refractivity contribution is 5.93. The number of hydrogen-bond donors (Lipinski definition) is 3. The summed E-state index contributed by atoms with van der Waals surface area (Å²) in [7, 11) is 0. The monoisotopic (exact) mass is 292 g/mol. The van der Waals surface area contributed by atoms with E-state index in [4.69, 9.17) is 5.11 Å². The van der Waals surface area contributed by atoms with Gasteiger partial charge in [-0.3, -0.25) is 4.79 Å². The Hall–Kier alpha value is -2.45. The zero-order valence-corrected chi connectivity index (χ0v) is 10.2. The topological polar surface area (TPSA) is 87.7 Å². The molecule has 0 radical (unpaired) electrons. The molecule has 1 aromatic rings. The van der Waals surface area contributed by atoms with Gasteiger partial charge in [-0.2, -0.15) is 0 Å². The summed E-state index contributed by atoms with van der Waals surface area (Å²) < 4.78 is 40.2. The third-order valence-electron chi connectivity index (χ3n) is 2.08. The number of ether oxygens (including phenoxy) is 1. The van der Waals surface area contributed by atoms with E-state index >= 15 is 0 Å². The van der Waals surface area contributed by atoms with E-state index < -0.39 is 30.2 Å². The second kappa shape index (κ2) is 6.13. The third kappa shape index (κ3) is 5.04. The molecule has 0 saturated heterocycles. The second-order valence-corrected chi connectivity index (χ2v) is 3.70. The molecule has 0 aliphatic carbocycles. The Kier molecular flexibility index (Phi) is 4.78. The van der Waals surface area contributed by atoms with E-state index in [9.17, 15) is 22.8 Å². The highest BCUT2D eigenvalue weighted by Gasteiger charge is 2.32. The lowest BCUT2D eigenvalue weighted by Crippen LogP contribution is -2.41. The highest BCUT2D eigenvalue weighted by atomic mass is 19.4. The number of nitrogens with one attached hydrogen (secondary N) is 2. The molecule has 1 atom stereocenters. The maximum absolute atomic E-state index is 12.1. The molecular weight excluding hydrogens is 281 g/mol. The van der Waals surface area contributed by atoms with Crippen LogP contribution in [0.3, 0.4) is 0 Å². The average Bonchev–Trinajstić information content (AvgIpc) is 2.29. The molecular formula is C11H11F3N2O4. The maximum atomic E-state index is 12.1. The van der Waals surface area contributed by atoms with Crippen LogP contribution in [-0.2, 0) is 4.79 Å². The SMILES string of the molecule is C[C@@H](NC(=O)Nc1ccccc1OC(F)(F)F)C(=O)O. The number of hydrogen-bond acceptors (Lipinski definition) is 3. The Bertz CT molecular complexity index is 505. The van der Waals surface area contributed by atoms with Gasteiger partial charge in [-0.15, -0.1) is 13.2 Å². The molecule has 3 N–H and O–H groups in total. The number of aliphatic carboxylic acids is 1. The smallest absolute Gasteiger partial charge is 0.480 e. The van der Waals surface area contributed by atoms with Crippen molar-refractivity contribution in [2.24, 2.45) is 0 Å². The molecule has 0 aliphatic rings. The molecule has 9 heteroatoms. The predicted octanol–water partition coefficient (Wildman–Crippen LogP) is 2.18. The number of alkyl halides is 3. The number of anilines is 1. The number of amides is 2. The summed E-state index contributed by atoms with van der Waals surface area (Å²) in [5.41, 5.74) is -0.236. The lowest BCUT2D eigenvalue weighted by Gasteiger charge is -2.15. The van der Waals surface area contributed by atoms with Gasteiger partial charge in [0.05, 0.1) is 5.69 Å². The molecule has 0 bridgehead atoms. The number of para-hydroxylation sites is 2. The van der Waals surface area contributed by atoms with Gasteiger partial charge in [0, 0.05) is 0 Å². The number of carboxylic acid groups (broad SMARTS) is 1. The molecule has 0 heterocycles. The lowest BCUT2D eigenvalue weighted by atomic mass is 10.3. The first-order valence-corrected chi connectivity index (χ1v) is 5.34. The number of benzene rings is 1. The normalized spacial score (nSPS) is 12.4. The first-order chi connectivity index (χ1) is 9.19. The minimum atomic E-state index is -4.90. The quantitative estimate of drug-likeness (QED) is 0.793. The van der Waals surface area contributed by atoms with Gasteiger partial charge in [0.1, 0.15) is 6.04 Å². The van der Waals surface area contributed by atoms with Crippen LogP contribution in [0.4, 0.5) is 23.7 Å². The highest BCUT2D eigenvalue weighted by Crippen LogP contribution is 2.29. The predicted molar refractivity (Wildman–Crippen MR) is 62.4 cm³/mol. The van der Waals surface area contributed by atoms with Crippen molar-refractivity contribution in [2.45, 2.75) is 19.3 Å². The number of halogens is 3. The minimum Gasteiger partial charge on any atom is -0.480 e. The number of urea groups is 1. The molecule has 0 spiro atoms. The number of carboxylic acids is 1. The maximum Gasteiger partial charge on any atom is 0.573 e. The van der Waals surface area contributed by atoms with Crippen LogP contribution in [0.2, 0.25) is 0 Å². The summed E-state index contributed by atoms with van der Waals surface area (Å²) in [6.45, 7) is 1.21. The zero-order valence-electron chi connectivity index (χ0n) is 10.2. The van der Waals surface area contributed by atoms with Crippen LogP contribution < -0.4 is 15.4 Å². The number of carbonyl (C=O) groups is 2. The fourth-order valence-electron chi connectivity index (χ4n) is 1.20. The Balaban J connectivity index is 2.77. The van der Waals surface area contributed by atoms with Gasteiger partial charge in [-0.1, -0.05) is 12.1 Å². The summed E-state index contributed by atoms with van der Waals surface area (Å²) in [6, 6.07) is 2.74. The fraction of sp³-hybridized carbons (Fsp3) is 0.273. The van der Waals surface area contributed by atoms with Gasteiger partial charge < -0.3 is 20.5 Å². The van der Waals surface area contributed by atoms with Crippen LogP contribution >= 0.6 is 0 Å². The van der Waals surface area contributed by atoms with Gasteiger partial charge in [-0.25, -0.2) is 4.79 Å². The van der Waals surface area contributed by atoms with Crippen LogP contribution in [0.1, 0.15) is 6.92 Å². The van der Waals surface area contributed by atoms with Gasteiger partial charge in [-0.05, 0) is 19.1 Å². The molecule has 0 unspecified atom stereocenters. The summed E-state index contributed by atoms with van der Waals surface area (Å²) in [6.07, 6.45) is -4.90. The molecule has 1 aromatic carbocycles. The van der Waals surface area contributed by atoms with Crippen LogP contribution in [0.25, 0.3) is 0 Å². The average molecular weight is 292 g/mol. The van der Waals surface area contributed by atoms with Crippen molar-refractivity contribution in [3.8, 4) is 5.75 Å². The van der Waals surface area contributed by atoms with Crippen molar-refractivity contribution in [3.63, 3.8) is 0 Å². The Labute approximate surface area is 111 Å². The Morgan fingerprint density at radius 1 is 1.30 bits per heavy atom. The fourth-order valence-corrected chi connectivity index (χ4v) is 1.20. The first-order valence-electron chi connectivity index (χ1n) is 5.34. The molecule has 6 nitrogen and oxygen atoms in total. The van der Waals surface area contributed by atoms with Gasteiger partial charge in [0.15, 0.2) is 5.75 Å². The van der Waals surface area contributed by atoms with Crippen molar-refractivity contribution in [1.82, 2.24) is 5.32 Å². The van der Waals surface area contributed by atoms with E-state index in [0.29, 0.717) is 0 Å². The van der Waals surface area contributed by atoms with E-state index in [-0.39, 0.29) is 5.69 Å². The van der Waals surface area contributed by atoms with Crippen molar-refractivity contribution in [2.75, 3.05) is 5.32 Å². The summed E-state index contributed by atoms with van der Waals surface area (Å²) in [4.78, 5) is 21.9. The molecule has 0 fully saturated rings. The van der Waals surface area contributed by atoms with Crippen molar-refractivity contribution in [1.29, 1.82) is 0 Å². The molecule has 0 aromatic heterocycles. The third-order valence-corrected chi connectivity index (χ3v) is 2.08. The van der Waals surface area contributed by atoms with E-state index in [1.54, 1.807) is 0 Å².